The van der Waals surface area contributed by atoms with E-state index in [4.69, 9.17) is 14.2 Å². The van der Waals surface area contributed by atoms with E-state index < -0.39 is 17.9 Å². The normalized spacial score (nSPS) is 11.3. The van der Waals surface area contributed by atoms with Crippen LogP contribution in [0.1, 0.15) is 35.3 Å². The second-order valence-corrected chi connectivity index (χ2v) is 6.20. The van der Waals surface area contributed by atoms with Crippen molar-refractivity contribution in [1.29, 1.82) is 0 Å². The van der Waals surface area contributed by atoms with Crippen LogP contribution in [-0.2, 0) is 4.79 Å². The van der Waals surface area contributed by atoms with Crippen LogP contribution in [0.15, 0.2) is 36.4 Å². The molecule has 0 bridgehead atoms. The number of hydrogen-bond donors (Lipinski definition) is 2. The van der Waals surface area contributed by atoms with Crippen molar-refractivity contribution in [3.8, 4) is 17.2 Å². The molecule has 0 radical (unpaired) electrons. The van der Waals surface area contributed by atoms with Crippen molar-refractivity contribution in [3.63, 3.8) is 0 Å². The van der Waals surface area contributed by atoms with Crippen molar-refractivity contribution in [3.05, 3.63) is 53.1 Å². The van der Waals surface area contributed by atoms with Gasteiger partial charge in [-0.3, -0.25) is 20.4 Å². The molecule has 0 fully saturated rings. The number of carbonyl (C=O) groups is 2. The van der Waals surface area contributed by atoms with Gasteiger partial charge in [-0.2, -0.15) is 0 Å². The molecule has 2 N–H and O–H groups in total. The molecule has 0 unspecified atom stereocenters. The highest BCUT2D eigenvalue weighted by Crippen LogP contribution is 2.28. The Morgan fingerprint density at radius 1 is 1.04 bits per heavy atom. The van der Waals surface area contributed by atoms with Gasteiger partial charge >= 0.3 is 0 Å². The van der Waals surface area contributed by atoms with Crippen LogP contribution < -0.4 is 25.1 Å². The van der Waals surface area contributed by atoms with Crippen molar-refractivity contribution in [2.75, 3.05) is 13.7 Å². The second-order valence-electron chi connectivity index (χ2n) is 6.20. The number of benzene rings is 2. The molecule has 0 spiro atoms. The molecule has 0 aliphatic heterocycles. The van der Waals surface area contributed by atoms with Gasteiger partial charge in [0.05, 0.1) is 13.7 Å². The first-order valence-corrected chi connectivity index (χ1v) is 9.01. The molecule has 0 aromatic heterocycles. The molecular weight excluding hydrogens is 360 g/mol. The number of methoxy groups -OCH3 is 1. The smallest absolute Gasteiger partial charge is 0.279 e. The molecule has 2 rings (SSSR count). The fourth-order valence-electron chi connectivity index (χ4n) is 2.47. The van der Waals surface area contributed by atoms with Crippen molar-refractivity contribution in [2.45, 2.75) is 33.8 Å². The van der Waals surface area contributed by atoms with E-state index >= 15 is 0 Å². The van der Waals surface area contributed by atoms with Gasteiger partial charge < -0.3 is 14.2 Å². The minimum absolute atomic E-state index is 0.323. The third-order valence-corrected chi connectivity index (χ3v) is 4.25. The summed E-state index contributed by atoms with van der Waals surface area (Å²) in [4.78, 5) is 24.5. The van der Waals surface area contributed by atoms with Crippen LogP contribution in [0.5, 0.6) is 17.2 Å². The molecule has 0 aliphatic rings. The van der Waals surface area contributed by atoms with Crippen molar-refractivity contribution in [1.82, 2.24) is 10.9 Å². The van der Waals surface area contributed by atoms with E-state index in [1.54, 1.807) is 31.2 Å². The lowest BCUT2D eigenvalue weighted by Gasteiger charge is -2.17. The van der Waals surface area contributed by atoms with E-state index in [0.717, 1.165) is 11.1 Å². The van der Waals surface area contributed by atoms with Crippen LogP contribution in [0.2, 0.25) is 0 Å². The van der Waals surface area contributed by atoms with Gasteiger partial charge in [0, 0.05) is 5.56 Å². The van der Waals surface area contributed by atoms with Crippen LogP contribution in [0.4, 0.5) is 0 Å². The number of carbonyl (C=O) groups excluding carboxylic acids is 2. The Bertz CT molecular complexity index is 851. The fraction of sp³-hybridized carbons (Fsp3) is 0.333. The van der Waals surface area contributed by atoms with E-state index in [1.165, 1.54) is 7.11 Å². The molecule has 2 aromatic rings. The van der Waals surface area contributed by atoms with E-state index in [9.17, 15) is 9.59 Å². The van der Waals surface area contributed by atoms with Gasteiger partial charge in [-0.05, 0) is 63.1 Å². The van der Waals surface area contributed by atoms with Gasteiger partial charge in [-0.1, -0.05) is 12.1 Å². The van der Waals surface area contributed by atoms with Gasteiger partial charge in [0.1, 0.15) is 5.75 Å². The summed E-state index contributed by atoms with van der Waals surface area (Å²) in [5.74, 6) is 0.666. The fourth-order valence-corrected chi connectivity index (χ4v) is 2.47. The molecule has 0 saturated heterocycles. The van der Waals surface area contributed by atoms with Crippen LogP contribution in [0.25, 0.3) is 0 Å². The molecule has 150 valence electrons. The summed E-state index contributed by atoms with van der Waals surface area (Å²) in [6, 6.07) is 10.4. The monoisotopic (exact) mass is 386 g/mol. The lowest BCUT2D eigenvalue weighted by atomic mass is 10.1. The summed E-state index contributed by atoms with van der Waals surface area (Å²) >= 11 is 0. The van der Waals surface area contributed by atoms with Crippen molar-refractivity contribution in [2.24, 2.45) is 0 Å². The lowest BCUT2D eigenvalue weighted by Crippen LogP contribution is -2.47. The molecular formula is C21H26N2O5. The molecule has 0 aliphatic carbocycles. The largest absolute Gasteiger partial charge is 0.493 e. The number of ether oxygens (including phenoxy) is 3. The average Bonchev–Trinajstić information content (AvgIpc) is 2.69. The van der Waals surface area contributed by atoms with E-state index in [2.05, 4.69) is 10.9 Å². The number of hydrazine groups is 1. The van der Waals surface area contributed by atoms with Gasteiger partial charge in [0.25, 0.3) is 11.8 Å². The molecule has 7 nitrogen and oxygen atoms in total. The van der Waals surface area contributed by atoms with Gasteiger partial charge in [0.15, 0.2) is 17.6 Å². The van der Waals surface area contributed by atoms with Crippen LogP contribution >= 0.6 is 0 Å². The molecule has 0 heterocycles. The van der Waals surface area contributed by atoms with Crippen LogP contribution in [0, 0.1) is 13.8 Å². The third kappa shape index (κ3) is 5.16. The molecule has 7 heteroatoms. The zero-order valence-electron chi connectivity index (χ0n) is 16.8. The van der Waals surface area contributed by atoms with Crippen LogP contribution in [0.3, 0.4) is 0 Å². The summed E-state index contributed by atoms with van der Waals surface area (Å²) in [7, 11) is 1.49. The highest BCUT2D eigenvalue weighted by Gasteiger charge is 2.18. The Hall–Kier alpha value is -3.22. The Kier molecular flexibility index (Phi) is 7.26. The Morgan fingerprint density at radius 2 is 1.79 bits per heavy atom. The summed E-state index contributed by atoms with van der Waals surface area (Å²) in [5.41, 5.74) is 7.12. The van der Waals surface area contributed by atoms with Gasteiger partial charge in [-0.15, -0.1) is 0 Å². The summed E-state index contributed by atoms with van der Waals surface area (Å²) in [6.45, 7) is 7.85. The lowest BCUT2D eigenvalue weighted by molar-refractivity contribution is -0.128. The maximum Gasteiger partial charge on any atom is 0.279 e. The Balaban J connectivity index is 1.96. The van der Waals surface area contributed by atoms with E-state index in [0.29, 0.717) is 29.4 Å². The molecule has 28 heavy (non-hydrogen) atoms. The Morgan fingerprint density at radius 3 is 2.46 bits per heavy atom. The average molecular weight is 386 g/mol. The highest BCUT2D eigenvalue weighted by atomic mass is 16.5. The summed E-state index contributed by atoms with van der Waals surface area (Å²) in [6.07, 6.45) is -0.782. The SMILES string of the molecule is CCOc1ccc(C(=O)NNC(=O)[C@H](C)Oc2cccc(C)c2C)cc1OC. The first-order chi connectivity index (χ1) is 13.4. The zero-order chi connectivity index (χ0) is 20.7. The zero-order valence-corrected chi connectivity index (χ0v) is 16.8. The first-order valence-electron chi connectivity index (χ1n) is 9.01. The standard InChI is InChI=1S/C21H26N2O5/c1-6-27-18-11-10-16(12-19(18)26-5)21(25)23-22-20(24)15(4)28-17-9-7-8-13(2)14(17)3/h7-12,15H,6H2,1-5H3,(H,22,24)(H,23,25)/t15-/m0/s1. The summed E-state index contributed by atoms with van der Waals surface area (Å²) in [5, 5.41) is 0. The van der Waals surface area contributed by atoms with Crippen molar-refractivity contribution >= 4 is 11.8 Å². The number of hydrogen-bond acceptors (Lipinski definition) is 5. The molecule has 2 amide bonds. The number of rotatable bonds is 7. The number of nitrogens with one attached hydrogen (secondary N) is 2. The van der Waals surface area contributed by atoms with Gasteiger partial charge in [-0.25, -0.2) is 0 Å². The van der Waals surface area contributed by atoms with Gasteiger partial charge in [0.2, 0.25) is 0 Å². The third-order valence-electron chi connectivity index (χ3n) is 4.25. The highest BCUT2D eigenvalue weighted by molar-refractivity contribution is 5.96. The van der Waals surface area contributed by atoms with Crippen molar-refractivity contribution < 1.29 is 23.8 Å². The van der Waals surface area contributed by atoms with E-state index in [1.807, 2.05) is 32.9 Å². The van der Waals surface area contributed by atoms with Crippen LogP contribution in [-0.4, -0.2) is 31.6 Å². The minimum Gasteiger partial charge on any atom is -0.493 e. The predicted molar refractivity (Wildman–Crippen MR) is 106 cm³/mol. The quantitative estimate of drug-likeness (QED) is 0.715. The molecule has 0 saturated carbocycles. The number of aryl methyl sites for hydroxylation is 1. The second kappa shape index (κ2) is 9.64. The maximum absolute atomic E-state index is 12.3. The predicted octanol–water partition coefficient (Wildman–Crippen LogP) is 2.94. The maximum atomic E-state index is 12.3. The molecule has 2 aromatic carbocycles. The Labute approximate surface area is 165 Å². The van der Waals surface area contributed by atoms with E-state index in [-0.39, 0.29) is 0 Å². The minimum atomic E-state index is -0.782. The summed E-state index contributed by atoms with van der Waals surface area (Å²) < 4.78 is 16.4. The molecule has 1 atom stereocenters. The first kappa shape index (κ1) is 21.1. The topological polar surface area (TPSA) is 85.9 Å². The number of amides is 2.